The molecule has 1 heterocycles. The molecule has 1 aliphatic rings. The normalized spacial score (nSPS) is 14.6. The van der Waals surface area contributed by atoms with E-state index in [1.165, 1.54) is 42.5 Å². The number of carbonyl (C=O) groups excluding carboxylic acids is 1. The van der Waals surface area contributed by atoms with Gasteiger partial charge in [0.05, 0.1) is 12.2 Å². The number of ketones is 1. The van der Waals surface area contributed by atoms with E-state index in [4.69, 9.17) is 9.47 Å². The highest BCUT2D eigenvalue weighted by atomic mass is 19.3. The number of hydrogen-bond donors (Lipinski definition) is 1. The fourth-order valence-electron chi connectivity index (χ4n) is 2.40. The third-order valence-corrected chi connectivity index (χ3v) is 3.43. The Morgan fingerprint density at radius 3 is 2.72 bits per heavy atom. The number of phenolic OH excluding ortho intramolecular Hbond substituents is 1. The van der Waals surface area contributed by atoms with Crippen LogP contribution in [0.3, 0.4) is 0 Å². The minimum Gasteiger partial charge on any atom is -0.508 e. The van der Waals surface area contributed by atoms with Crippen LogP contribution in [0, 0.1) is 0 Å². The second-order valence-electron chi connectivity index (χ2n) is 5.14. The monoisotopic (exact) mass is 348 g/mol. The van der Waals surface area contributed by atoms with E-state index in [1.807, 2.05) is 0 Å². The molecule has 1 N–H and O–H groups in total. The zero-order chi connectivity index (χ0) is 18.0. The predicted octanol–water partition coefficient (Wildman–Crippen LogP) is 4.01. The van der Waals surface area contributed by atoms with Gasteiger partial charge in [0.2, 0.25) is 5.78 Å². The quantitative estimate of drug-likeness (QED) is 0.827. The molecule has 0 saturated heterocycles. The third kappa shape index (κ3) is 3.55. The number of Topliss-reactive ketones (excluding diaryl/α,β-unsaturated/α-hetero) is 1. The molecule has 0 amide bonds. The van der Waals surface area contributed by atoms with Gasteiger partial charge in [-0.2, -0.15) is 8.78 Å². The van der Waals surface area contributed by atoms with E-state index < -0.39 is 6.61 Å². The number of phenols is 1. The summed E-state index contributed by atoms with van der Waals surface area (Å²) in [6.45, 7) is -0.991. The third-order valence-electron chi connectivity index (χ3n) is 3.43. The Hall–Kier alpha value is -3.09. The molecule has 2 aromatic rings. The van der Waals surface area contributed by atoms with Crippen LogP contribution in [0.25, 0.3) is 6.08 Å². The van der Waals surface area contributed by atoms with Crippen molar-refractivity contribution >= 4 is 11.9 Å². The van der Waals surface area contributed by atoms with Crippen molar-refractivity contribution in [2.45, 2.75) is 13.5 Å². The molecule has 0 radical (unpaired) electrons. The van der Waals surface area contributed by atoms with Gasteiger partial charge in [-0.25, -0.2) is 0 Å². The highest BCUT2D eigenvalue weighted by Gasteiger charge is 2.27. The molecule has 0 spiro atoms. The number of ether oxygens (including phenoxy) is 3. The number of fused-ring (bicyclic) bond motifs is 1. The Labute approximate surface area is 142 Å². The van der Waals surface area contributed by atoms with E-state index in [1.54, 1.807) is 6.92 Å². The highest BCUT2D eigenvalue weighted by molar-refractivity contribution is 6.14. The Bertz CT molecular complexity index is 845. The van der Waals surface area contributed by atoms with Gasteiger partial charge >= 0.3 is 6.61 Å². The molecule has 1 aliphatic heterocycles. The Morgan fingerprint density at radius 1 is 1.20 bits per heavy atom. The Kier molecular flexibility index (Phi) is 4.56. The van der Waals surface area contributed by atoms with E-state index in [9.17, 15) is 18.7 Å². The van der Waals surface area contributed by atoms with Crippen LogP contribution in [0.1, 0.15) is 22.8 Å². The molecule has 0 aromatic heterocycles. The van der Waals surface area contributed by atoms with Crippen LogP contribution in [-0.2, 0) is 0 Å². The van der Waals surface area contributed by atoms with Gasteiger partial charge in [-0.3, -0.25) is 4.79 Å². The molecule has 0 fully saturated rings. The minimum absolute atomic E-state index is 0.0140. The van der Waals surface area contributed by atoms with Gasteiger partial charge in [0, 0.05) is 6.07 Å². The second-order valence-corrected chi connectivity index (χ2v) is 5.14. The van der Waals surface area contributed by atoms with Gasteiger partial charge < -0.3 is 19.3 Å². The van der Waals surface area contributed by atoms with E-state index in [-0.39, 0.29) is 41.1 Å². The van der Waals surface area contributed by atoms with Crippen molar-refractivity contribution in [1.82, 2.24) is 0 Å². The number of rotatable bonds is 5. The maximum atomic E-state index is 12.4. The van der Waals surface area contributed by atoms with Gasteiger partial charge in [0.15, 0.2) is 17.3 Å². The van der Waals surface area contributed by atoms with Crippen LogP contribution in [0.15, 0.2) is 42.2 Å². The largest absolute Gasteiger partial charge is 0.508 e. The molecule has 5 nitrogen and oxygen atoms in total. The first-order chi connectivity index (χ1) is 12.0. The molecule has 0 saturated carbocycles. The fraction of sp³-hybridized carbons (Fsp3) is 0.167. The van der Waals surface area contributed by atoms with Crippen molar-refractivity contribution in [3.8, 4) is 23.0 Å². The molecule has 3 rings (SSSR count). The van der Waals surface area contributed by atoms with E-state index in [0.29, 0.717) is 11.1 Å². The molecule has 25 heavy (non-hydrogen) atoms. The van der Waals surface area contributed by atoms with Crippen molar-refractivity contribution in [2.24, 2.45) is 0 Å². The SMILES string of the molecule is CCOc1cc(/C=C2\Oc3cc(O)ccc3C2=O)ccc1OC(F)F. The van der Waals surface area contributed by atoms with Crippen molar-refractivity contribution in [3.63, 3.8) is 0 Å². The first-order valence-electron chi connectivity index (χ1n) is 7.47. The number of hydrogen-bond acceptors (Lipinski definition) is 5. The lowest BCUT2D eigenvalue weighted by molar-refractivity contribution is -0.0514. The summed E-state index contributed by atoms with van der Waals surface area (Å²) < 4.78 is 40.0. The van der Waals surface area contributed by atoms with Crippen LogP contribution < -0.4 is 14.2 Å². The van der Waals surface area contributed by atoms with Crippen LogP contribution in [-0.4, -0.2) is 24.1 Å². The summed E-state index contributed by atoms with van der Waals surface area (Å²) >= 11 is 0. The first kappa shape index (κ1) is 16.8. The van der Waals surface area contributed by atoms with Crippen molar-refractivity contribution in [1.29, 1.82) is 0 Å². The van der Waals surface area contributed by atoms with Crippen molar-refractivity contribution < 1.29 is 32.9 Å². The maximum absolute atomic E-state index is 12.4. The zero-order valence-electron chi connectivity index (χ0n) is 13.2. The summed E-state index contributed by atoms with van der Waals surface area (Å²) in [5, 5.41) is 9.45. The molecule has 0 aliphatic carbocycles. The summed E-state index contributed by atoms with van der Waals surface area (Å²) in [5.41, 5.74) is 0.858. The topological polar surface area (TPSA) is 65.0 Å². The second kappa shape index (κ2) is 6.80. The van der Waals surface area contributed by atoms with Crippen molar-refractivity contribution in [2.75, 3.05) is 6.61 Å². The number of halogens is 2. The molecule has 0 atom stereocenters. The van der Waals surface area contributed by atoms with E-state index in [0.717, 1.165) is 0 Å². The lowest BCUT2D eigenvalue weighted by Crippen LogP contribution is -2.05. The zero-order valence-corrected chi connectivity index (χ0v) is 13.2. The van der Waals surface area contributed by atoms with Gasteiger partial charge in [-0.05, 0) is 42.8 Å². The average Bonchev–Trinajstić information content (AvgIpc) is 2.85. The predicted molar refractivity (Wildman–Crippen MR) is 85.3 cm³/mol. The van der Waals surface area contributed by atoms with Crippen LogP contribution >= 0.6 is 0 Å². The van der Waals surface area contributed by atoms with Gasteiger partial charge in [0.25, 0.3) is 0 Å². The number of allylic oxidation sites excluding steroid dienone is 1. The molecule has 7 heteroatoms. The molecule has 130 valence electrons. The molecular weight excluding hydrogens is 334 g/mol. The number of aromatic hydroxyl groups is 1. The smallest absolute Gasteiger partial charge is 0.387 e. The Balaban J connectivity index is 1.91. The summed E-state index contributed by atoms with van der Waals surface area (Å²) in [4.78, 5) is 12.3. The maximum Gasteiger partial charge on any atom is 0.387 e. The number of benzene rings is 2. The van der Waals surface area contributed by atoms with Gasteiger partial charge in [0.1, 0.15) is 11.5 Å². The molecule has 0 bridgehead atoms. The summed E-state index contributed by atoms with van der Waals surface area (Å²) in [7, 11) is 0. The average molecular weight is 348 g/mol. The van der Waals surface area contributed by atoms with Crippen LogP contribution in [0.5, 0.6) is 23.0 Å². The van der Waals surface area contributed by atoms with E-state index in [2.05, 4.69) is 4.74 Å². The van der Waals surface area contributed by atoms with E-state index >= 15 is 0 Å². The molecular formula is C18H14F2O5. The molecule has 2 aromatic carbocycles. The lowest BCUT2D eigenvalue weighted by atomic mass is 10.1. The summed E-state index contributed by atoms with van der Waals surface area (Å²) in [6, 6.07) is 8.53. The van der Waals surface area contributed by atoms with Crippen LogP contribution in [0.4, 0.5) is 8.78 Å². The highest BCUT2D eigenvalue weighted by Crippen LogP contribution is 2.35. The molecule has 0 unspecified atom stereocenters. The standard InChI is InChI=1S/C18H14F2O5/c1-2-23-15-7-10(3-6-13(15)25-18(19)20)8-16-17(22)12-5-4-11(21)9-14(12)24-16/h3-9,18,21H,2H2,1H3/b16-8-. The van der Waals surface area contributed by atoms with Gasteiger partial charge in [-0.1, -0.05) is 6.07 Å². The summed E-state index contributed by atoms with van der Waals surface area (Å²) in [6.07, 6.45) is 1.47. The Morgan fingerprint density at radius 2 is 2.00 bits per heavy atom. The lowest BCUT2D eigenvalue weighted by Gasteiger charge is -2.11. The minimum atomic E-state index is -2.97. The van der Waals surface area contributed by atoms with Gasteiger partial charge in [-0.15, -0.1) is 0 Å². The van der Waals surface area contributed by atoms with Crippen LogP contribution in [0.2, 0.25) is 0 Å². The number of carbonyl (C=O) groups is 1. The summed E-state index contributed by atoms with van der Waals surface area (Å²) in [5.74, 6) is 0.0222. The fourth-order valence-corrected chi connectivity index (χ4v) is 2.40. The number of alkyl halides is 2. The van der Waals surface area contributed by atoms with Crippen molar-refractivity contribution in [3.05, 3.63) is 53.3 Å². The first-order valence-corrected chi connectivity index (χ1v) is 7.47.